The summed E-state index contributed by atoms with van der Waals surface area (Å²) < 4.78 is 0. The van der Waals surface area contributed by atoms with Crippen LogP contribution in [0.2, 0.25) is 0 Å². The van der Waals surface area contributed by atoms with Crippen LogP contribution in [0.1, 0.15) is 62.3 Å². The van der Waals surface area contributed by atoms with Gasteiger partial charge in [-0.25, -0.2) is 0 Å². The second-order valence-corrected chi connectivity index (χ2v) is 8.74. The molecule has 2 nitrogen and oxygen atoms in total. The van der Waals surface area contributed by atoms with Crippen LogP contribution in [0.4, 0.5) is 0 Å². The lowest BCUT2D eigenvalue weighted by Crippen LogP contribution is -2.47. The number of rotatable bonds is 0. The number of aromatic hydroxyl groups is 1. The van der Waals surface area contributed by atoms with Gasteiger partial charge in [0.2, 0.25) is 0 Å². The Morgan fingerprint density at radius 3 is 1.73 bits per heavy atom. The van der Waals surface area contributed by atoms with Crippen molar-refractivity contribution < 1.29 is 10.2 Å². The normalized spacial score (nSPS) is 26.8. The quantitative estimate of drug-likeness (QED) is 0.425. The van der Waals surface area contributed by atoms with Crippen LogP contribution in [0.3, 0.4) is 0 Å². The maximum absolute atomic E-state index is 12.7. The molecule has 0 spiro atoms. The van der Waals surface area contributed by atoms with E-state index in [2.05, 4.69) is 60.7 Å². The predicted octanol–water partition coefficient (Wildman–Crippen LogP) is 5.36. The van der Waals surface area contributed by atoms with E-state index in [0.717, 1.165) is 22.3 Å². The van der Waals surface area contributed by atoms with Gasteiger partial charge in [0.15, 0.2) is 0 Å². The van der Waals surface area contributed by atoms with E-state index < -0.39 is 5.60 Å². The molecule has 0 aromatic heterocycles. The van der Waals surface area contributed by atoms with Gasteiger partial charge in [-0.2, -0.15) is 0 Å². The standard InChI is InChI=1S/C28H20O2/c29-23-15-7-14-22-26(23)25-20-12-5-6-13-21(20)28(22,30)27-18-10-3-1-8-16(18)24(25)17-9-2-4-11-19(17)27/h1-15,24-25,27,29-30H. The molecule has 0 heterocycles. The van der Waals surface area contributed by atoms with Crippen LogP contribution in [0.25, 0.3) is 0 Å². The first kappa shape index (κ1) is 16.4. The summed E-state index contributed by atoms with van der Waals surface area (Å²) >= 11 is 0. The lowest BCUT2D eigenvalue weighted by molar-refractivity contribution is 0.0513. The molecule has 10 rings (SSSR count). The summed E-state index contributed by atoms with van der Waals surface area (Å²) in [4.78, 5) is 0. The van der Waals surface area contributed by atoms with Gasteiger partial charge in [0.25, 0.3) is 0 Å². The average molecular weight is 388 g/mol. The SMILES string of the molecule is Oc1cccc2c1C1c3ccccc3C2(O)C2c3ccccc3C1c1ccccc12. The van der Waals surface area contributed by atoms with Gasteiger partial charge in [-0.05, 0) is 45.0 Å². The molecule has 0 aliphatic heterocycles. The van der Waals surface area contributed by atoms with Crippen molar-refractivity contribution in [1.82, 2.24) is 0 Å². The number of phenols is 1. The Hall–Kier alpha value is -3.36. The lowest BCUT2D eigenvalue weighted by Gasteiger charge is -2.54. The van der Waals surface area contributed by atoms with Crippen LogP contribution in [0.5, 0.6) is 5.75 Å². The molecule has 2 unspecified atom stereocenters. The molecule has 2 N–H and O–H groups in total. The molecular weight excluding hydrogens is 368 g/mol. The highest BCUT2D eigenvalue weighted by Crippen LogP contribution is 2.66. The van der Waals surface area contributed by atoms with Gasteiger partial charge in [0.05, 0.1) is 0 Å². The average Bonchev–Trinajstić information content (AvgIpc) is 2.77. The van der Waals surface area contributed by atoms with E-state index >= 15 is 0 Å². The molecule has 0 amide bonds. The Morgan fingerprint density at radius 1 is 0.533 bits per heavy atom. The topological polar surface area (TPSA) is 40.5 Å². The van der Waals surface area contributed by atoms with Gasteiger partial charge < -0.3 is 10.2 Å². The zero-order valence-corrected chi connectivity index (χ0v) is 16.3. The van der Waals surface area contributed by atoms with Crippen molar-refractivity contribution in [2.75, 3.05) is 0 Å². The summed E-state index contributed by atoms with van der Waals surface area (Å²) in [6.07, 6.45) is 0. The highest BCUT2D eigenvalue weighted by Gasteiger charge is 2.57. The fourth-order valence-electron chi connectivity index (χ4n) is 6.54. The molecule has 0 radical (unpaired) electrons. The summed E-state index contributed by atoms with van der Waals surface area (Å²) in [6, 6.07) is 31.0. The van der Waals surface area contributed by atoms with E-state index in [1.54, 1.807) is 6.07 Å². The Labute approximate surface area is 175 Å². The third-order valence-corrected chi connectivity index (χ3v) is 7.55. The summed E-state index contributed by atoms with van der Waals surface area (Å²) in [5.41, 5.74) is 7.44. The van der Waals surface area contributed by atoms with Crippen molar-refractivity contribution in [1.29, 1.82) is 0 Å². The first-order valence-electron chi connectivity index (χ1n) is 10.5. The Bertz CT molecular complexity index is 1310. The molecule has 4 aromatic rings. The third-order valence-electron chi connectivity index (χ3n) is 7.55. The van der Waals surface area contributed by atoms with Crippen molar-refractivity contribution in [3.63, 3.8) is 0 Å². The molecule has 4 aromatic carbocycles. The Kier molecular flexibility index (Phi) is 2.96. The number of hydrogen-bond acceptors (Lipinski definition) is 2. The smallest absolute Gasteiger partial charge is 0.126 e. The van der Waals surface area contributed by atoms with Gasteiger partial charge >= 0.3 is 0 Å². The van der Waals surface area contributed by atoms with Crippen molar-refractivity contribution in [3.05, 3.63) is 136 Å². The zero-order valence-electron chi connectivity index (χ0n) is 16.3. The number of phenolic OH excluding ortho intramolecular Hbond substituents is 1. The van der Waals surface area contributed by atoms with Gasteiger partial charge in [-0.15, -0.1) is 0 Å². The predicted molar refractivity (Wildman–Crippen MR) is 116 cm³/mol. The van der Waals surface area contributed by atoms with E-state index in [0.29, 0.717) is 0 Å². The third kappa shape index (κ3) is 1.71. The summed E-state index contributed by atoms with van der Waals surface area (Å²) in [5.74, 6) is 0.0740. The minimum atomic E-state index is -1.25. The van der Waals surface area contributed by atoms with Gasteiger partial charge in [0, 0.05) is 23.3 Å². The van der Waals surface area contributed by atoms with E-state index in [-0.39, 0.29) is 23.5 Å². The minimum Gasteiger partial charge on any atom is -0.508 e. The zero-order chi connectivity index (χ0) is 20.0. The molecule has 2 atom stereocenters. The number of benzene rings is 4. The first-order valence-corrected chi connectivity index (χ1v) is 10.5. The monoisotopic (exact) mass is 388 g/mol. The highest BCUT2D eigenvalue weighted by molar-refractivity contribution is 5.70. The Morgan fingerprint density at radius 2 is 1.07 bits per heavy atom. The van der Waals surface area contributed by atoms with E-state index in [1.807, 2.05) is 24.3 Å². The second kappa shape index (κ2) is 5.41. The molecule has 0 saturated heterocycles. The summed E-state index contributed by atoms with van der Waals surface area (Å²) in [5, 5.41) is 23.8. The highest BCUT2D eigenvalue weighted by atomic mass is 16.3. The summed E-state index contributed by atoms with van der Waals surface area (Å²) in [6.45, 7) is 0. The van der Waals surface area contributed by atoms with Crippen LogP contribution < -0.4 is 0 Å². The fourth-order valence-corrected chi connectivity index (χ4v) is 6.54. The van der Waals surface area contributed by atoms with Crippen LogP contribution >= 0.6 is 0 Å². The molecular formula is C28H20O2. The molecule has 6 aliphatic rings. The molecule has 0 saturated carbocycles. The van der Waals surface area contributed by atoms with Gasteiger partial charge in [0.1, 0.15) is 11.4 Å². The van der Waals surface area contributed by atoms with Gasteiger partial charge in [-0.3, -0.25) is 0 Å². The summed E-state index contributed by atoms with van der Waals surface area (Å²) in [7, 11) is 0. The van der Waals surface area contributed by atoms with Gasteiger partial charge in [-0.1, -0.05) is 84.9 Å². The van der Waals surface area contributed by atoms with Crippen LogP contribution in [-0.4, -0.2) is 10.2 Å². The maximum atomic E-state index is 12.7. The molecule has 4 bridgehead atoms. The molecule has 6 aliphatic carbocycles. The van der Waals surface area contributed by atoms with Crippen molar-refractivity contribution in [2.45, 2.75) is 23.4 Å². The second-order valence-electron chi connectivity index (χ2n) is 8.74. The van der Waals surface area contributed by atoms with Crippen molar-refractivity contribution >= 4 is 0 Å². The Balaban J connectivity index is 1.74. The maximum Gasteiger partial charge on any atom is 0.126 e. The molecule has 0 fully saturated rings. The van der Waals surface area contributed by atoms with E-state index in [1.165, 1.54) is 22.3 Å². The minimum absolute atomic E-state index is 0.0544. The van der Waals surface area contributed by atoms with Crippen LogP contribution in [-0.2, 0) is 5.60 Å². The molecule has 144 valence electrons. The van der Waals surface area contributed by atoms with Crippen molar-refractivity contribution in [2.24, 2.45) is 0 Å². The number of hydrogen-bond donors (Lipinski definition) is 2. The van der Waals surface area contributed by atoms with Crippen LogP contribution in [0.15, 0.2) is 91.0 Å². The fraction of sp³-hybridized carbons (Fsp3) is 0.143. The largest absolute Gasteiger partial charge is 0.508 e. The van der Waals surface area contributed by atoms with Crippen molar-refractivity contribution in [3.8, 4) is 5.75 Å². The molecule has 2 heteroatoms. The van der Waals surface area contributed by atoms with E-state index in [9.17, 15) is 10.2 Å². The molecule has 30 heavy (non-hydrogen) atoms. The first-order chi connectivity index (χ1) is 14.7. The van der Waals surface area contributed by atoms with E-state index in [4.69, 9.17) is 0 Å². The lowest BCUT2D eigenvalue weighted by atomic mass is 9.51. The number of aliphatic hydroxyl groups is 1. The van der Waals surface area contributed by atoms with Crippen LogP contribution in [0, 0.1) is 0 Å².